The van der Waals surface area contributed by atoms with Crippen LogP contribution in [0.5, 0.6) is 0 Å². The summed E-state index contributed by atoms with van der Waals surface area (Å²) < 4.78 is 16.1. The van der Waals surface area contributed by atoms with Gasteiger partial charge in [0.05, 0.1) is 5.69 Å². The van der Waals surface area contributed by atoms with Gasteiger partial charge in [0.25, 0.3) is 0 Å². The van der Waals surface area contributed by atoms with Gasteiger partial charge in [0, 0.05) is 41.9 Å². The molecule has 3 unspecified atom stereocenters. The van der Waals surface area contributed by atoms with Gasteiger partial charge in [-0.05, 0) is 67.1 Å². The molecule has 1 amide bonds. The molecule has 0 radical (unpaired) electrons. The Morgan fingerprint density at radius 3 is 2.53 bits per heavy atom. The van der Waals surface area contributed by atoms with Crippen LogP contribution in [-0.2, 0) is 22.2 Å². The smallest absolute Gasteiger partial charge is 0.227 e. The van der Waals surface area contributed by atoms with E-state index in [4.69, 9.17) is 0 Å². The number of ketones is 1. The summed E-state index contributed by atoms with van der Waals surface area (Å²) in [7, 11) is 1.83. The number of benzene rings is 2. The molecule has 3 atom stereocenters. The molecule has 0 saturated heterocycles. The lowest BCUT2D eigenvalue weighted by molar-refractivity contribution is -0.123. The van der Waals surface area contributed by atoms with Crippen LogP contribution in [0.15, 0.2) is 42.5 Å². The van der Waals surface area contributed by atoms with Crippen molar-refractivity contribution in [2.75, 3.05) is 5.32 Å². The number of nitrogens with one attached hydrogen (secondary N) is 1. The SMILES string of the molecule is CCC(C)(O)c1c(C2CC(C(=O)Nc3ccc(C(C)C)cc3)CC2=O)c2cc(F)ccc2n1C. The number of amides is 1. The lowest BCUT2D eigenvalue weighted by atomic mass is 9.86. The minimum Gasteiger partial charge on any atom is -0.384 e. The number of halogens is 1. The van der Waals surface area contributed by atoms with Crippen LogP contribution >= 0.6 is 0 Å². The molecule has 4 rings (SSSR count). The van der Waals surface area contributed by atoms with Crippen molar-refractivity contribution in [1.29, 1.82) is 0 Å². The lowest BCUT2D eigenvalue weighted by Crippen LogP contribution is -2.26. The lowest BCUT2D eigenvalue weighted by Gasteiger charge is -2.26. The fourth-order valence-corrected chi connectivity index (χ4v) is 5.18. The molecule has 1 heterocycles. The Balaban J connectivity index is 1.66. The number of carbonyl (C=O) groups excluding carboxylic acids is 2. The first kappa shape index (κ1) is 24.1. The summed E-state index contributed by atoms with van der Waals surface area (Å²) in [6.45, 7) is 7.81. The summed E-state index contributed by atoms with van der Waals surface area (Å²) in [6, 6.07) is 12.2. The van der Waals surface area contributed by atoms with Crippen LogP contribution in [0.25, 0.3) is 10.9 Å². The van der Waals surface area contributed by atoms with E-state index < -0.39 is 23.3 Å². The van der Waals surface area contributed by atoms with Crippen molar-refractivity contribution < 1.29 is 19.1 Å². The van der Waals surface area contributed by atoms with Crippen LogP contribution in [-0.4, -0.2) is 21.4 Å². The maximum Gasteiger partial charge on any atom is 0.227 e. The topological polar surface area (TPSA) is 71.3 Å². The monoisotopic (exact) mass is 464 g/mol. The van der Waals surface area contributed by atoms with E-state index in [9.17, 15) is 19.1 Å². The third-order valence-electron chi connectivity index (χ3n) is 7.32. The highest BCUT2D eigenvalue weighted by molar-refractivity contribution is 6.02. The Morgan fingerprint density at radius 1 is 1.24 bits per heavy atom. The van der Waals surface area contributed by atoms with E-state index in [1.165, 1.54) is 17.7 Å². The number of aliphatic hydroxyl groups is 1. The molecule has 3 aromatic rings. The van der Waals surface area contributed by atoms with Gasteiger partial charge in [-0.3, -0.25) is 9.59 Å². The summed E-state index contributed by atoms with van der Waals surface area (Å²) in [5.74, 6) is -1.30. The number of carbonyl (C=O) groups is 2. The van der Waals surface area contributed by atoms with Crippen molar-refractivity contribution in [2.24, 2.45) is 13.0 Å². The number of aryl methyl sites for hydroxylation is 1. The maximum atomic E-state index is 14.2. The number of Topliss-reactive ketones (excluding diaryl/α,β-unsaturated/α-hetero) is 1. The Kier molecular flexibility index (Phi) is 6.38. The van der Waals surface area contributed by atoms with E-state index in [0.29, 0.717) is 41.1 Å². The summed E-state index contributed by atoms with van der Waals surface area (Å²) in [4.78, 5) is 26.2. The zero-order valence-corrected chi connectivity index (χ0v) is 20.5. The molecule has 0 spiro atoms. The molecule has 1 saturated carbocycles. The number of hydrogen-bond acceptors (Lipinski definition) is 3. The van der Waals surface area contributed by atoms with E-state index in [-0.39, 0.29) is 18.1 Å². The fraction of sp³-hybridized carbons (Fsp3) is 0.429. The first-order chi connectivity index (χ1) is 16.0. The first-order valence-electron chi connectivity index (χ1n) is 12.0. The average molecular weight is 465 g/mol. The molecule has 6 heteroatoms. The zero-order chi connectivity index (χ0) is 24.8. The van der Waals surface area contributed by atoms with Crippen LogP contribution in [0.3, 0.4) is 0 Å². The molecule has 34 heavy (non-hydrogen) atoms. The molecule has 0 aliphatic heterocycles. The van der Waals surface area contributed by atoms with Gasteiger partial charge >= 0.3 is 0 Å². The number of rotatable bonds is 6. The normalized spacial score (nSPS) is 20.2. The largest absolute Gasteiger partial charge is 0.384 e. The Labute approximate surface area is 200 Å². The number of fused-ring (bicyclic) bond motifs is 1. The van der Waals surface area contributed by atoms with Gasteiger partial charge in [-0.25, -0.2) is 4.39 Å². The molecular weight excluding hydrogens is 431 g/mol. The predicted molar refractivity (Wildman–Crippen MR) is 132 cm³/mol. The van der Waals surface area contributed by atoms with Gasteiger partial charge in [0.2, 0.25) is 5.91 Å². The Morgan fingerprint density at radius 2 is 1.91 bits per heavy atom. The van der Waals surface area contributed by atoms with Crippen molar-refractivity contribution in [2.45, 2.75) is 64.4 Å². The average Bonchev–Trinajstić information content (AvgIpc) is 3.31. The van der Waals surface area contributed by atoms with Crippen LogP contribution in [0.4, 0.5) is 10.1 Å². The van der Waals surface area contributed by atoms with Gasteiger partial charge in [0.1, 0.15) is 17.2 Å². The van der Waals surface area contributed by atoms with E-state index in [2.05, 4.69) is 19.2 Å². The highest BCUT2D eigenvalue weighted by Crippen LogP contribution is 2.45. The molecule has 1 aliphatic carbocycles. The van der Waals surface area contributed by atoms with Crippen LogP contribution < -0.4 is 5.32 Å². The summed E-state index contributed by atoms with van der Waals surface area (Å²) in [5.41, 5.74) is 2.70. The number of anilines is 1. The minimum atomic E-state index is -1.20. The van der Waals surface area contributed by atoms with Gasteiger partial charge < -0.3 is 15.0 Å². The molecule has 5 nitrogen and oxygen atoms in total. The molecule has 2 N–H and O–H groups in total. The fourth-order valence-electron chi connectivity index (χ4n) is 5.18. The molecule has 1 aromatic heterocycles. The molecule has 2 aromatic carbocycles. The highest BCUT2D eigenvalue weighted by atomic mass is 19.1. The molecule has 1 aliphatic rings. The van der Waals surface area contributed by atoms with Crippen molar-refractivity contribution >= 4 is 28.3 Å². The van der Waals surface area contributed by atoms with Gasteiger partial charge in [-0.1, -0.05) is 32.9 Å². The number of hydrogen-bond donors (Lipinski definition) is 2. The molecular formula is C28H33FN2O3. The van der Waals surface area contributed by atoms with Crippen LogP contribution in [0.2, 0.25) is 0 Å². The van der Waals surface area contributed by atoms with E-state index >= 15 is 0 Å². The van der Waals surface area contributed by atoms with Crippen molar-refractivity contribution in [3.8, 4) is 0 Å². The van der Waals surface area contributed by atoms with Gasteiger partial charge in [0.15, 0.2) is 0 Å². The van der Waals surface area contributed by atoms with E-state index in [1.54, 1.807) is 13.0 Å². The third kappa shape index (κ3) is 4.27. The van der Waals surface area contributed by atoms with E-state index in [0.717, 1.165) is 5.52 Å². The highest BCUT2D eigenvalue weighted by Gasteiger charge is 2.42. The van der Waals surface area contributed by atoms with Crippen LogP contribution in [0.1, 0.15) is 75.6 Å². The number of nitrogens with zero attached hydrogens (tertiary/aromatic N) is 1. The number of aromatic nitrogens is 1. The molecule has 180 valence electrons. The van der Waals surface area contributed by atoms with Gasteiger partial charge in [-0.15, -0.1) is 0 Å². The molecule has 0 bridgehead atoms. The third-order valence-corrected chi connectivity index (χ3v) is 7.32. The van der Waals surface area contributed by atoms with Crippen molar-refractivity contribution in [3.05, 3.63) is 65.1 Å². The second-order valence-corrected chi connectivity index (χ2v) is 10.0. The minimum absolute atomic E-state index is 0.0554. The second kappa shape index (κ2) is 8.99. The Hall–Kier alpha value is -2.99. The quantitative estimate of drug-likeness (QED) is 0.487. The summed E-state index contributed by atoms with van der Waals surface area (Å²) >= 11 is 0. The molecule has 1 fully saturated rings. The maximum absolute atomic E-state index is 14.2. The van der Waals surface area contributed by atoms with Crippen LogP contribution in [0, 0.1) is 11.7 Å². The summed E-state index contributed by atoms with van der Waals surface area (Å²) in [5, 5.41) is 14.8. The van der Waals surface area contributed by atoms with E-state index in [1.807, 2.05) is 42.8 Å². The summed E-state index contributed by atoms with van der Waals surface area (Å²) in [6.07, 6.45) is 0.890. The van der Waals surface area contributed by atoms with Gasteiger partial charge in [-0.2, -0.15) is 0 Å². The zero-order valence-electron chi connectivity index (χ0n) is 20.5. The van der Waals surface area contributed by atoms with Crippen molar-refractivity contribution in [3.63, 3.8) is 0 Å². The standard InChI is InChI=1S/C28H33FN2O3/c1-6-28(4,34)26-25(21-15-19(29)9-12-23(21)31(26)5)22-13-18(14-24(22)32)27(33)30-20-10-7-17(8-11-20)16(2)3/h7-12,15-16,18,22,34H,6,13-14H2,1-5H3,(H,30,33). The van der Waals surface area contributed by atoms with Crippen molar-refractivity contribution in [1.82, 2.24) is 4.57 Å². The predicted octanol–water partition coefficient (Wildman–Crippen LogP) is 5.76. The Bertz CT molecular complexity index is 1240. The second-order valence-electron chi connectivity index (χ2n) is 10.0. The first-order valence-corrected chi connectivity index (χ1v) is 12.0.